The molecule has 19 heavy (non-hydrogen) atoms. The van der Waals surface area contributed by atoms with Crippen LogP contribution in [-0.2, 0) is 0 Å². The van der Waals surface area contributed by atoms with E-state index < -0.39 is 0 Å². The van der Waals surface area contributed by atoms with E-state index in [1.165, 1.54) is 5.56 Å². The SMILES string of the molecule is C#CCC(CCC)c1c(OCC)cc(C)c(Cl)c1C. The Labute approximate surface area is 122 Å². The molecule has 0 fully saturated rings. The second kappa shape index (κ2) is 7.46. The topological polar surface area (TPSA) is 9.23 Å². The maximum atomic E-state index is 6.39. The molecule has 0 amide bonds. The van der Waals surface area contributed by atoms with E-state index in [0.29, 0.717) is 12.5 Å². The van der Waals surface area contributed by atoms with Gasteiger partial charge in [0.05, 0.1) is 6.61 Å². The molecule has 0 N–H and O–H groups in total. The summed E-state index contributed by atoms with van der Waals surface area (Å²) in [5, 5.41) is 0.830. The molecule has 0 aromatic heterocycles. The van der Waals surface area contributed by atoms with Crippen LogP contribution in [-0.4, -0.2) is 6.61 Å². The van der Waals surface area contributed by atoms with Crippen LogP contribution in [0.2, 0.25) is 5.02 Å². The van der Waals surface area contributed by atoms with E-state index in [4.69, 9.17) is 22.8 Å². The van der Waals surface area contributed by atoms with Crippen LogP contribution in [0, 0.1) is 26.2 Å². The van der Waals surface area contributed by atoms with Gasteiger partial charge in [0.15, 0.2) is 0 Å². The monoisotopic (exact) mass is 278 g/mol. The zero-order chi connectivity index (χ0) is 14.4. The average molecular weight is 279 g/mol. The number of hydrogen-bond acceptors (Lipinski definition) is 1. The lowest BCUT2D eigenvalue weighted by Gasteiger charge is -2.22. The molecule has 1 unspecified atom stereocenters. The maximum absolute atomic E-state index is 6.39. The second-order valence-corrected chi connectivity index (χ2v) is 5.25. The smallest absolute Gasteiger partial charge is 0.123 e. The predicted octanol–water partition coefficient (Wildman–Crippen LogP) is 5.26. The van der Waals surface area contributed by atoms with E-state index in [0.717, 1.165) is 41.2 Å². The number of benzene rings is 1. The fourth-order valence-corrected chi connectivity index (χ4v) is 2.71. The van der Waals surface area contributed by atoms with Crippen molar-refractivity contribution in [3.8, 4) is 18.1 Å². The van der Waals surface area contributed by atoms with Gasteiger partial charge in [0.2, 0.25) is 0 Å². The summed E-state index contributed by atoms with van der Waals surface area (Å²) >= 11 is 6.39. The van der Waals surface area contributed by atoms with Crippen LogP contribution in [0.5, 0.6) is 5.75 Å². The lowest BCUT2D eigenvalue weighted by atomic mass is 9.87. The molecule has 1 nitrogen and oxygen atoms in total. The predicted molar refractivity (Wildman–Crippen MR) is 83.2 cm³/mol. The van der Waals surface area contributed by atoms with E-state index in [1.807, 2.05) is 19.9 Å². The van der Waals surface area contributed by atoms with Gasteiger partial charge in [0.1, 0.15) is 5.75 Å². The van der Waals surface area contributed by atoms with Crippen molar-refractivity contribution >= 4 is 11.6 Å². The minimum Gasteiger partial charge on any atom is -0.494 e. The maximum Gasteiger partial charge on any atom is 0.123 e. The number of aryl methyl sites for hydroxylation is 1. The van der Waals surface area contributed by atoms with E-state index >= 15 is 0 Å². The van der Waals surface area contributed by atoms with Crippen LogP contribution in [0.25, 0.3) is 0 Å². The lowest BCUT2D eigenvalue weighted by molar-refractivity contribution is 0.332. The van der Waals surface area contributed by atoms with Gasteiger partial charge in [-0.25, -0.2) is 0 Å². The summed E-state index contributed by atoms with van der Waals surface area (Å²) in [4.78, 5) is 0. The molecule has 1 atom stereocenters. The van der Waals surface area contributed by atoms with Crippen LogP contribution in [0.4, 0.5) is 0 Å². The summed E-state index contributed by atoms with van der Waals surface area (Å²) in [6, 6.07) is 2.04. The molecular weight excluding hydrogens is 256 g/mol. The Morgan fingerprint density at radius 2 is 2.05 bits per heavy atom. The average Bonchev–Trinajstić information content (AvgIpc) is 2.37. The number of halogens is 1. The molecule has 1 aromatic rings. The zero-order valence-corrected chi connectivity index (χ0v) is 13.1. The third-order valence-electron chi connectivity index (χ3n) is 3.40. The van der Waals surface area contributed by atoms with E-state index in [9.17, 15) is 0 Å². The van der Waals surface area contributed by atoms with Gasteiger partial charge in [-0.1, -0.05) is 24.9 Å². The molecule has 0 saturated carbocycles. The standard InChI is InChI=1S/C17H23ClO/c1-6-9-14(10-7-2)16-13(5)17(18)12(4)11-15(16)19-8-3/h1,11,14H,7-10H2,2-5H3. The summed E-state index contributed by atoms with van der Waals surface area (Å²) in [6.45, 7) is 8.90. The number of hydrogen-bond donors (Lipinski definition) is 0. The van der Waals surface area contributed by atoms with Crippen molar-refractivity contribution in [3.63, 3.8) is 0 Å². The molecular formula is C17H23ClO. The summed E-state index contributed by atoms with van der Waals surface area (Å²) in [5.41, 5.74) is 3.36. The number of terminal acetylenes is 1. The molecule has 2 heteroatoms. The van der Waals surface area contributed by atoms with Gasteiger partial charge >= 0.3 is 0 Å². The van der Waals surface area contributed by atoms with Crippen LogP contribution in [0.15, 0.2) is 6.07 Å². The Kier molecular flexibility index (Phi) is 6.25. The van der Waals surface area contributed by atoms with Crippen molar-refractivity contribution in [2.75, 3.05) is 6.61 Å². The fourth-order valence-electron chi connectivity index (χ4n) is 2.56. The van der Waals surface area contributed by atoms with Gasteiger partial charge in [-0.3, -0.25) is 0 Å². The zero-order valence-electron chi connectivity index (χ0n) is 12.3. The van der Waals surface area contributed by atoms with Crippen LogP contribution in [0.1, 0.15) is 55.7 Å². The van der Waals surface area contributed by atoms with Crippen molar-refractivity contribution in [2.24, 2.45) is 0 Å². The highest BCUT2D eigenvalue weighted by Gasteiger charge is 2.20. The van der Waals surface area contributed by atoms with Crippen molar-refractivity contribution in [1.29, 1.82) is 0 Å². The minimum atomic E-state index is 0.328. The minimum absolute atomic E-state index is 0.328. The van der Waals surface area contributed by atoms with E-state index in [1.54, 1.807) is 0 Å². The highest BCUT2D eigenvalue weighted by molar-refractivity contribution is 6.32. The molecule has 0 aliphatic carbocycles. The van der Waals surface area contributed by atoms with E-state index in [2.05, 4.69) is 19.8 Å². The Hall–Kier alpha value is -1.13. The van der Waals surface area contributed by atoms with E-state index in [-0.39, 0.29) is 0 Å². The molecule has 0 aliphatic heterocycles. The first kappa shape index (κ1) is 15.9. The first-order valence-electron chi connectivity index (χ1n) is 6.92. The van der Waals surface area contributed by atoms with Gasteiger partial charge in [0.25, 0.3) is 0 Å². The van der Waals surface area contributed by atoms with Gasteiger partial charge in [-0.15, -0.1) is 12.3 Å². The van der Waals surface area contributed by atoms with Crippen molar-refractivity contribution in [1.82, 2.24) is 0 Å². The molecule has 1 rings (SSSR count). The van der Waals surface area contributed by atoms with Gasteiger partial charge in [-0.2, -0.15) is 0 Å². The summed E-state index contributed by atoms with van der Waals surface area (Å²) in [5.74, 6) is 4.05. The molecule has 1 aromatic carbocycles. The second-order valence-electron chi connectivity index (χ2n) is 4.87. The Morgan fingerprint density at radius 1 is 1.37 bits per heavy atom. The summed E-state index contributed by atoms with van der Waals surface area (Å²) in [6.07, 6.45) is 8.41. The highest BCUT2D eigenvalue weighted by atomic mass is 35.5. The summed E-state index contributed by atoms with van der Waals surface area (Å²) in [7, 11) is 0. The third kappa shape index (κ3) is 3.67. The largest absolute Gasteiger partial charge is 0.494 e. The van der Waals surface area contributed by atoms with Crippen LogP contribution in [0.3, 0.4) is 0 Å². The van der Waals surface area contributed by atoms with Gasteiger partial charge in [-0.05, 0) is 50.3 Å². The number of ether oxygens (including phenoxy) is 1. The van der Waals surface area contributed by atoms with Crippen LogP contribution >= 0.6 is 11.6 Å². The quantitative estimate of drug-likeness (QED) is 0.645. The molecule has 104 valence electrons. The lowest BCUT2D eigenvalue weighted by Crippen LogP contribution is -2.06. The Morgan fingerprint density at radius 3 is 2.58 bits per heavy atom. The van der Waals surface area contributed by atoms with Gasteiger partial charge < -0.3 is 4.74 Å². The van der Waals surface area contributed by atoms with Crippen molar-refractivity contribution in [3.05, 3.63) is 27.8 Å². The third-order valence-corrected chi connectivity index (χ3v) is 3.98. The first-order chi connectivity index (χ1) is 9.06. The molecule has 0 spiro atoms. The van der Waals surface area contributed by atoms with Crippen molar-refractivity contribution < 1.29 is 4.74 Å². The summed E-state index contributed by atoms with van der Waals surface area (Å²) < 4.78 is 5.80. The normalized spacial score (nSPS) is 12.0. The molecule has 0 heterocycles. The molecule has 0 aliphatic rings. The highest BCUT2D eigenvalue weighted by Crippen LogP contribution is 2.39. The van der Waals surface area contributed by atoms with Crippen LogP contribution < -0.4 is 4.74 Å². The van der Waals surface area contributed by atoms with Gasteiger partial charge in [0, 0.05) is 17.0 Å². The molecule has 0 saturated heterocycles. The van der Waals surface area contributed by atoms with Crippen molar-refractivity contribution in [2.45, 2.75) is 52.9 Å². The number of rotatable bonds is 6. The Bertz CT molecular complexity index is 471. The first-order valence-corrected chi connectivity index (χ1v) is 7.30. The fraction of sp³-hybridized carbons (Fsp3) is 0.529. The molecule has 0 radical (unpaired) electrons. The molecule has 0 bridgehead atoms. The Balaban J connectivity index is 3.36.